The average Bonchev–Trinajstić information content (AvgIpc) is 3.84. The van der Waals surface area contributed by atoms with Gasteiger partial charge in [-0.15, -0.1) is 0 Å². The van der Waals surface area contributed by atoms with Gasteiger partial charge in [0, 0.05) is 31.7 Å². The van der Waals surface area contributed by atoms with Gasteiger partial charge in [0.1, 0.15) is 5.82 Å². The molecule has 1 aliphatic heterocycles. The summed E-state index contributed by atoms with van der Waals surface area (Å²) >= 11 is 0. The van der Waals surface area contributed by atoms with Crippen LogP contribution in [0.5, 0.6) is 0 Å². The van der Waals surface area contributed by atoms with E-state index in [1.807, 2.05) is 52.3 Å². The molecule has 2 unspecified atom stereocenters. The molecule has 3 aliphatic rings. The Morgan fingerprint density at radius 2 is 1.24 bits per heavy atom. The Labute approximate surface area is 302 Å². The molecular formula is C43H55FN2O5. The topological polar surface area (TPSA) is 98.1 Å². The zero-order chi connectivity index (χ0) is 36.1. The van der Waals surface area contributed by atoms with Gasteiger partial charge in [-0.05, 0) is 99.6 Å². The SMILES string of the molecule is O=C(c1ccc(/C(=C/CCCCCCC2(C(=O)O)C=CCC2)CCCCCCC2(C(=O)O)C=CCC2)cc1)N1CCN(c2ccccc2F)CC1. The molecule has 5 rings (SSSR count). The van der Waals surface area contributed by atoms with E-state index >= 15 is 0 Å². The summed E-state index contributed by atoms with van der Waals surface area (Å²) in [5.41, 5.74) is 2.28. The summed E-state index contributed by atoms with van der Waals surface area (Å²) in [7, 11) is 0. The van der Waals surface area contributed by atoms with Gasteiger partial charge in [-0.1, -0.05) is 93.2 Å². The van der Waals surface area contributed by atoms with Crippen molar-refractivity contribution in [3.05, 3.63) is 95.9 Å². The quantitative estimate of drug-likeness (QED) is 0.112. The summed E-state index contributed by atoms with van der Waals surface area (Å²) in [6.07, 6.45) is 24.5. The Hall–Kier alpha value is -4.20. The fraction of sp³-hybridized carbons (Fsp3) is 0.512. The van der Waals surface area contributed by atoms with Crippen LogP contribution < -0.4 is 4.90 Å². The highest BCUT2D eigenvalue weighted by molar-refractivity contribution is 5.94. The molecule has 2 aliphatic carbocycles. The van der Waals surface area contributed by atoms with Crippen LogP contribution in [0.3, 0.4) is 0 Å². The molecule has 51 heavy (non-hydrogen) atoms. The van der Waals surface area contributed by atoms with Gasteiger partial charge in [-0.25, -0.2) is 4.39 Å². The molecule has 0 aromatic heterocycles. The molecule has 1 amide bonds. The van der Waals surface area contributed by atoms with Crippen molar-refractivity contribution in [1.82, 2.24) is 4.90 Å². The molecule has 2 aromatic rings. The first-order chi connectivity index (χ1) is 24.7. The third kappa shape index (κ3) is 9.99. The maximum atomic E-state index is 14.3. The number of unbranched alkanes of at least 4 members (excludes halogenated alkanes) is 7. The highest BCUT2D eigenvalue weighted by Gasteiger charge is 2.37. The normalized spacial score (nSPS) is 21.8. The number of nitrogens with zero attached hydrogens (tertiary/aromatic N) is 2. The summed E-state index contributed by atoms with van der Waals surface area (Å²) in [5.74, 6) is -1.65. The van der Waals surface area contributed by atoms with Gasteiger partial charge in [-0.2, -0.15) is 0 Å². The summed E-state index contributed by atoms with van der Waals surface area (Å²) in [5, 5.41) is 19.5. The van der Waals surface area contributed by atoms with Gasteiger partial charge in [0.2, 0.25) is 0 Å². The second kappa shape index (κ2) is 18.3. The Morgan fingerprint density at radius 1 is 0.686 bits per heavy atom. The van der Waals surface area contributed by atoms with E-state index in [-0.39, 0.29) is 11.7 Å². The van der Waals surface area contributed by atoms with E-state index in [0.29, 0.717) is 63.1 Å². The minimum absolute atomic E-state index is 0.00530. The van der Waals surface area contributed by atoms with Crippen LogP contribution in [0.2, 0.25) is 0 Å². The van der Waals surface area contributed by atoms with Crippen molar-refractivity contribution in [2.45, 2.75) is 103 Å². The molecule has 1 fully saturated rings. The van der Waals surface area contributed by atoms with Crippen molar-refractivity contribution in [3.8, 4) is 0 Å². The number of piperazine rings is 1. The van der Waals surface area contributed by atoms with Crippen LogP contribution in [-0.2, 0) is 9.59 Å². The fourth-order valence-corrected chi connectivity index (χ4v) is 8.01. The summed E-state index contributed by atoms with van der Waals surface area (Å²) in [4.78, 5) is 41.0. The predicted octanol–water partition coefficient (Wildman–Crippen LogP) is 9.69. The third-order valence-corrected chi connectivity index (χ3v) is 11.3. The lowest BCUT2D eigenvalue weighted by molar-refractivity contribution is -0.147. The van der Waals surface area contributed by atoms with Gasteiger partial charge in [0.25, 0.3) is 5.91 Å². The summed E-state index contributed by atoms with van der Waals surface area (Å²) in [6.45, 7) is 2.25. The summed E-state index contributed by atoms with van der Waals surface area (Å²) in [6, 6.07) is 14.7. The van der Waals surface area contributed by atoms with E-state index in [2.05, 4.69) is 18.2 Å². The van der Waals surface area contributed by atoms with Gasteiger partial charge in [-0.3, -0.25) is 14.4 Å². The van der Waals surface area contributed by atoms with Crippen molar-refractivity contribution in [3.63, 3.8) is 0 Å². The number of amides is 1. The molecule has 2 atom stereocenters. The van der Waals surface area contributed by atoms with Crippen LogP contribution in [0.15, 0.2) is 78.9 Å². The van der Waals surface area contributed by atoms with Crippen LogP contribution in [0.1, 0.15) is 119 Å². The van der Waals surface area contributed by atoms with Gasteiger partial charge < -0.3 is 20.0 Å². The molecule has 8 heteroatoms. The number of hydrogen-bond donors (Lipinski definition) is 2. The second-order valence-electron chi connectivity index (χ2n) is 14.7. The Morgan fingerprint density at radius 3 is 1.78 bits per heavy atom. The number of benzene rings is 2. The number of hydrogen-bond acceptors (Lipinski definition) is 4. The molecule has 0 bridgehead atoms. The lowest BCUT2D eigenvalue weighted by Crippen LogP contribution is -2.49. The first-order valence-corrected chi connectivity index (χ1v) is 19.1. The monoisotopic (exact) mass is 698 g/mol. The minimum Gasteiger partial charge on any atom is -0.481 e. The lowest BCUT2D eigenvalue weighted by Gasteiger charge is -2.36. The van der Waals surface area contributed by atoms with Gasteiger partial charge in [0.05, 0.1) is 16.5 Å². The molecule has 0 saturated carbocycles. The molecule has 7 nitrogen and oxygen atoms in total. The van der Waals surface area contributed by atoms with E-state index in [1.165, 1.54) is 11.6 Å². The highest BCUT2D eigenvalue weighted by atomic mass is 19.1. The number of halogens is 1. The molecular weight excluding hydrogens is 643 g/mol. The van der Waals surface area contributed by atoms with E-state index in [0.717, 1.165) is 82.6 Å². The number of rotatable bonds is 19. The largest absolute Gasteiger partial charge is 0.481 e. The first-order valence-electron chi connectivity index (χ1n) is 19.1. The maximum absolute atomic E-state index is 14.3. The average molecular weight is 699 g/mol. The molecule has 1 saturated heterocycles. The molecule has 1 heterocycles. The number of carboxylic acids is 2. The molecule has 2 N–H and O–H groups in total. The molecule has 0 radical (unpaired) electrons. The van der Waals surface area contributed by atoms with Crippen molar-refractivity contribution in [2.75, 3.05) is 31.1 Å². The Balaban J connectivity index is 1.13. The maximum Gasteiger partial charge on any atom is 0.313 e. The zero-order valence-electron chi connectivity index (χ0n) is 30.0. The number of aliphatic carboxylic acids is 2. The first kappa shape index (κ1) is 38.0. The van der Waals surface area contributed by atoms with Crippen LogP contribution >= 0.6 is 0 Å². The molecule has 0 spiro atoms. The Bertz CT molecular complexity index is 1570. The van der Waals surface area contributed by atoms with Gasteiger partial charge in [0.15, 0.2) is 0 Å². The highest BCUT2D eigenvalue weighted by Crippen LogP contribution is 2.39. The standard InChI is InChI=1S/C43H55FN2O5/c44-37-18-8-9-19-38(37)45-30-32-46(33-31-45)39(47)36-22-20-35(21-23-36)34(17-7-3-5-11-25-43(41(50)51)28-14-15-29-43)16-6-2-1-4-10-24-42(40(48)49)26-12-13-27-42/h8-9,12,14,16,18-23,26,28H,1-7,10-11,13,15,17,24-25,27,29-33H2,(H,48,49)(H,50,51)/b34-16+. The number of carboxylic acid groups (broad SMARTS) is 2. The Kier molecular flexibility index (Phi) is 13.7. The van der Waals surface area contributed by atoms with Crippen molar-refractivity contribution in [1.29, 1.82) is 0 Å². The van der Waals surface area contributed by atoms with Crippen LogP contribution in [0, 0.1) is 16.6 Å². The van der Waals surface area contributed by atoms with Gasteiger partial charge >= 0.3 is 11.9 Å². The zero-order valence-corrected chi connectivity index (χ0v) is 30.0. The summed E-state index contributed by atoms with van der Waals surface area (Å²) < 4.78 is 14.3. The fourth-order valence-electron chi connectivity index (χ4n) is 8.01. The minimum atomic E-state index is -0.704. The number of carbonyl (C=O) groups is 3. The van der Waals surface area contributed by atoms with Crippen molar-refractivity contribution < 1.29 is 29.0 Å². The van der Waals surface area contributed by atoms with E-state index in [4.69, 9.17) is 0 Å². The third-order valence-electron chi connectivity index (χ3n) is 11.3. The molecule has 274 valence electrons. The van der Waals surface area contributed by atoms with Crippen molar-refractivity contribution >= 4 is 29.1 Å². The number of para-hydroxylation sites is 1. The number of carbonyl (C=O) groups excluding carboxylic acids is 1. The predicted molar refractivity (Wildman–Crippen MR) is 201 cm³/mol. The van der Waals surface area contributed by atoms with Crippen LogP contribution in [0.25, 0.3) is 5.57 Å². The lowest BCUT2D eigenvalue weighted by atomic mass is 9.82. The second-order valence-corrected chi connectivity index (χ2v) is 14.7. The van der Waals surface area contributed by atoms with Crippen LogP contribution in [-0.4, -0.2) is 59.1 Å². The van der Waals surface area contributed by atoms with E-state index in [9.17, 15) is 29.0 Å². The van der Waals surface area contributed by atoms with Crippen LogP contribution in [0.4, 0.5) is 10.1 Å². The van der Waals surface area contributed by atoms with E-state index in [1.54, 1.807) is 12.1 Å². The smallest absolute Gasteiger partial charge is 0.313 e. The molecule has 2 aromatic carbocycles. The van der Waals surface area contributed by atoms with E-state index < -0.39 is 22.8 Å². The number of allylic oxidation sites excluding steroid dienone is 4. The van der Waals surface area contributed by atoms with Crippen molar-refractivity contribution in [2.24, 2.45) is 10.8 Å². The number of anilines is 1.